The van der Waals surface area contributed by atoms with Crippen LogP contribution in [0.3, 0.4) is 0 Å². The van der Waals surface area contributed by atoms with Crippen molar-refractivity contribution >= 4 is 5.78 Å². The van der Waals surface area contributed by atoms with Gasteiger partial charge in [-0.05, 0) is 25.8 Å². The van der Waals surface area contributed by atoms with E-state index in [2.05, 4.69) is 15.1 Å². The van der Waals surface area contributed by atoms with E-state index in [0.29, 0.717) is 18.5 Å². The third-order valence-corrected chi connectivity index (χ3v) is 3.11. The van der Waals surface area contributed by atoms with Gasteiger partial charge >= 0.3 is 0 Å². The number of rotatable bonds is 4. The summed E-state index contributed by atoms with van der Waals surface area (Å²) in [6, 6.07) is 0. The highest BCUT2D eigenvalue weighted by Gasteiger charge is 2.13. The molecule has 0 spiro atoms. The van der Waals surface area contributed by atoms with E-state index in [4.69, 9.17) is 0 Å². The molecule has 0 N–H and O–H groups in total. The molecule has 0 radical (unpaired) electrons. The molecule has 0 aliphatic heterocycles. The van der Waals surface area contributed by atoms with E-state index in [1.807, 2.05) is 25.6 Å². The van der Waals surface area contributed by atoms with Gasteiger partial charge in [0.25, 0.3) is 0 Å². The summed E-state index contributed by atoms with van der Waals surface area (Å²) in [5.41, 5.74) is 3.67. The molecule has 2 aromatic rings. The molecular formula is C13H16N4O. The van der Waals surface area contributed by atoms with Crippen LogP contribution in [0.5, 0.6) is 0 Å². The quantitative estimate of drug-likeness (QED) is 0.767. The van der Waals surface area contributed by atoms with Crippen LogP contribution in [0.25, 0.3) is 0 Å². The minimum Gasteiger partial charge on any atom is -0.292 e. The van der Waals surface area contributed by atoms with Gasteiger partial charge in [-0.15, -0.1) is 0 Å². The van der Waals surface area contributed by atoms with Gasteiger partial charge in [0.1, 0.15) is 5.69 Å². The minimum atomic E-state index is 0.0192. The molecule has 0 aliphatic rings. The highest BCUT2D eigenvalue weighted by atomic mass is 16.1. The lowest BCUT2D eigenvalue weighted by atomic mass is 10.0. The Morgan fingerprint density at radius 1 is 1.33 bits per heavy atom. The Bertz CT molecular complexity index is 560. The fraction of sp³-hybridized carbons (Fsp3) is 0.385. The highest BCUT2D eigenvalue weighted by molar-refractivity contribution is 5.93. The predicted octanol–water partition coefficient (Wildman–Crippen LogP) is 1.64. The summed E-state index contributed by atoms with van der Waals surface area (Å²) >= 11 is 0. The average molecular weight is 244 g/mol. The number of Topliss-reactive ketones (excluding diaryl/α,β-unsaturated/α-hetero) is 1. The fourth-order valence-electron chi connectivity index (χ4n) is 1.99. The molecule has 18 heavy (non-hydrogen) atoms. The summed E-state index contributed by atoms with van der Waals surface area (Å²) in [7, 11) is 1.91. The molecule has 5 heteroatoms. The predicted molar refractivity (Wildman–Crippen MR) is 67.4 cm³/mol. The zero-order valence-electron chi connectivity index (χ0n) is 10.8. The lowest BCUT2D eigenvalue weighted by Crippen LogP contribution is -2.05. The van der Waals surface area contributed by atoms with Crippen LogP contribution in [0.2, 0.25) is 0 Å². The number of hydrogen-bond donors (Lipinski definition) is 0. The Hall–Kier alpha value is -2.04. The zero-order valence-corrected chi connectivity index (χ0v) is 10.8. The van der Waals surface area contributed by atoms with Crippen molar-refractivity contribution in [1.82, 2.24) is 19.7 Å². The summed E-state index contributed by atoms with van der Waals surface area (Å²) in [4.78, 5) is 19.8. The first-order valence-electron chi connectivity index (χ1n) is 5.88. The molecular weight excluding hydrogens is 228 g/mol. The molecule has 0 aromatic carbocycles. The van der Waals surface area contributed by atoms with Crippen LogP contribution >= 0.6 is 0 Å². The normalized spacial score (nSPS) is 10.6. The summed E-state index contributed by atoms with van der Waals surface area (Å²) < 4.78 is 1.84. The molecule has 0 saturated carbocycles. The lowest BCUT2D eigenvalue weighted by Gasteiger charge is -2.01. The van der Waals surface area contributed by atoms with Crippen molar-refractivity contribution in [2.45, 2.75) is 26.7 Å². The number of aryl methyl sites for hydroxylation is 2. The second-order valence-electron chi connectivity index (χ2n) is 4.29. The summed E-state index contributed by atoms with van der Waals surface area (Å²) in [6.45, 7) is 3.98. The second kappa shape index (κ2) is 5.08. The molecule has 0 aliphatic carbocycles. The van der Waals surface area contributed by atoms with Gasteiger partial charge in [-0.3, -0.25) is 14.5 Å². The van der Waals surface area contributed by atoms with E-state index >= 15 is 0 Å². The van der Waals surface area contributed by atoms with Crippen molar-refractivity contribution in [3.05, 3.63) is 41.2 Å². The first-order chi connectivity index (χ1) is 8.59. The van der Waals surface area contributed by atoms with Gasteiger partial charge in [-0.25, -0.2) is 4.98 Å². The third kappa shape index (κ3) is 2.45. The molecule has 2 aromatic heterocycles. The van der Waals surface area contributed by atoms with Crippen molar-refractivity contribution in [2.75, 3.05) is 0 Å². The van der Waals surface area contributed by atoms with Gasteiger partial charge in [0.2, 0.25) is 0 Å². The molecule has 0 saturated heterocycles. The van der Waals surface area contributed by atoms with Gasteiger partial charge in [0.15, 0.2) is 5.78 Å². The summed E-state index contributed by atoms with van der Waals surface area (Å²) in [5.74, 6) is 0.0192. The summed E-state index contributed by atoms with van der Waals surface area (Å²) in [5, 5.41) is 4.34. The van der Waals surface area contributed by atoms with Crippen molar-refractivity contribution in [2.24, 2.45) is 7.05 Å². The van der Waals surface area contributed by atoms with Crippen molar-refractivity contribution in [1.29, 1.82) is 0 Å². The standard InChI is InChI=1S/C13H16N4O/c1-9-11(10(2)17(3)16-9)4-5-13(18)12-8-14-6-7-15-12/h6-8H,4-5H2,1-3H3. The van der Waals surface area contributed by atoms with E-state index in [-0.39, 0.29) is 5.78 Å². The van der Waals surface area contributed by atoms with Crippen LogP contribution < -0.4 is 0 Å². The molecule has 0 fully saturated rings. The molecule has 94 valence electrons. The lowest BCUT2D eigenvalue weighted by molar-refractivity contribution is 0.0977. The van der Waals surface area contributed by atoms with E-state index in [1.165, 1.54) is 12.4 Å². The van der Waals surface area contributed by atoms with Gasteiger partial charge in [0, 0.05) is 31.6 Å². The average Bonchev–Trinajstić information content (AvgIpc) is 2.62. The number of carbonyl (C=O) groups excluding carboxylic acids is 1. The van der Waals surface area contributed by atoms with Gasteiger partial charge in [0.05, 0.1) is 11.9 Å². The smallest absolute Gasteiger partial charge is 0.183 e. The Kier molecular flexibility index (Phi) is 3.50. The van der Waals surface area contributed by atoms with Crippen molar-refractivity contribution < 1.29 is 4.79 Å². The highest BCUT2D eigenvalue weighted by Crippen LogP contribution is 2.15. The molecule has 0 amide bonds. The van der Waals surface area contributed by atoms with Crippen LogP contribution in [-0.4, -0.2) is 25.5 Å². The van der Waals surface area contributed by atoms with E-state index in [9.17, 15) is 4.79 Å². The maximum absolute atomic E-state index is 11.9. The molecule has 0 bridgehead atoms. The zero-order chi connectivity index (χ0) is 13.1. The SMILES string of the molecule is Cc1nn(C)c(C)c1CCC(=O)c1cnccn1. The van der Waals surface area contributed by atoms with Crippen LogP contribution in [-0.2, 0) is 13.5 Å². The number of carbonyl (C=O) groups is 1. The topological polar surface area (TPSA) is 60.7 Å². The van der Waals surface area contributed by atoms with Crippen LogP contribution in [0, 0.1) is 13.8 Å². The van der Waals surface area contributed by atoms with E-state index < -0.39 is 0 Å². The molecule has 5 nitrogen and oxygen atoms in total. The first kappa shape index (κ1) is 12.4. The van der Waals surface area contributed by atoms with Crippen molar-refractivity contribution in [3.8, 4) is 0 Å². The van der Waals surface area contributed by atoms with Crippen molar-refractivity contribution in [3.63, 3.8) is 0 Å². The van der Waals surface area contributed by atoms with E-state index in [1.54, 1.807) is 6.20 Å². The molecule has 2 rings (SSSR count). The maximum Gasteiger partial charge on any atom is 0.183 e. The van der Waals surface area contributed by atoms with E-state index in [0.717, 1.165) is 17.0 Å². The number of ketones is 1. The van der Waals surface area contributed by atoms with Crippen LogP contribution in [0.4, 0.5) is 0 Å². The largest absolute Gasteiger partial charge is 0.292 e. The van der Waals surface area contributed by atoms with Gasteiger partial charge < -0.3 is 0 Å². The number of aromatic nitrogens is 4. The minimum absolute atomic E-state index is 0.0192. The molecule has 0 atom stereocenters. The number of hydrogen-bond acceptors (Lipinski definition) is 4. The fourth-order valence-corrected chi connectivity index (χ4v) is 1.99. The Balaban J connectivity index is 2.06. The Labute approximate surface area is 106 Å². The summed E-state index contributed by atoms with van der Waals surface area (Å²) in [6.07, 6.45) is 5.73. The number of nitrogens with zero attached hydrogens (tertiary/aromatic N) is 4. The van der Waals surface area contributed by atoms with Crippen LogP contribution in [0.1, 0.15) is 33.9 Å². The second-order valence-corrected chi connectivity index (χ2v) is 4.29. The Morgan fingerprint density at radius 2 is 2.11 bits per heavy atom. The monoisotopic (exact) mass is 244 g/mol. The molecule has 0 unspecified atom stereocenters. The Morgan fingerprint density at radius 3 is 2.67 bits per heavy atom. The first-order valence-corrected chi connectivity index (χ1v) is 5.88. The van der Waals surface area contributed by atoms with Gasteiger partial charge in [-0.1, -0.05) is 0 Å². The molecule has 2 heterocycles. The third-order valence-electron chi connectivity index (χ3n) is 3.11. The van der Waals surface area contributed by atoms with Gasteiger partial charge in [-0.2, -0.15) is 5.10 Å². The maximum atomic E-state index is 11.9. The van der Waals surface area contributed by atoms with Crippen LogP contribution in [0.15, 0.2) is 18.6 Å².